The molecule has 0 fully saturated rings. The summed E-state index contributed by atoms with van der Waals surface area (Å²) >= 11 is 1.60. The molecule has 0 bridgehead atoms. The topological polar surface area (TPSA) is 57.4 Å². The molecule has 2 aromatic rings. The molecule has 0 radical (unpaired) electrons. The number of rotatable bonds is 5. The second-order valence-corrected chi connectivity index (χ2v) is 4.79. The fourth-order valence-electron chi connectivity index (χ4n) is 1.59. The molecule has 0 aliphatic carbocycles. The molecule has 0 atom stereocenters. The molecule has 0 aliphatic rings. The van der Waals surface area contributed by atoms with Gasteiger partial charge < -0.3 is 15.2 Å². The van der Waals surface area contributed by atoms with Crippen molar-refractivity contribution in [1.82, 2.24) is 4.98 Å². The van der Waals surface area contributed by atoms with E-state index in [9.17, 15) is 0 Å². The van der Waals surface area contributed by atoms with Gasteiger partial charge in [0.05, 0.1) is 7.11 Å². The predicted octanol–water partition coefficient (Wildman–Crippen LogP) is 2.50. The molecule has 1 heterocycles. The summed E-state index contributed by atoms with van der Waals surface area (Å²) < 4.78 is 10.9. The SMILES string of the molecule is COc1ccc(OCc2nc(C)cs2)c(CN)c1. The molecular formula is C13H16N2O2S. The van der Waals surface area contributed by atoms with Gasteiger partial charge in [0.15, 0.2) is 0 Å². The molecule has 4 nitrogen and oxygen atoms in total. The fraction of sp³-hybridized carbons (Fsp3) is 0.308. The molecule has 0 saturated carbocycles. The Hall–Kier alpha value is -1.59. The van der Waals surface area contributed by atoms with Gasteiger partial charge in [-0.05, 0) is 25.1 Å². The van der Waals surface area contributed by atoms with Crippen LogP contribution >= 0.6 is 11.3 Å². The van der Waals surface area contributed by atoms with Crippen LogP contribution in [0.3, 0.4) is 0 Å². The molecule has 18 heavy (non-hydrogen) atoms. The first-order valence-corrected chi connectivity index (χ1v) is 6.51. The van der Waals surface area contributed by atoms with E-state index >= 15 is 0 Å². The molecule has 0 unspecified atom stereocenters. The van der Waals surface area contributed by atoms with Crippen molar-refractivity contribution < 1.29 is 9.47 Å². The highest BCUT2D eigenvalue weighted by Crippen LogP contribution is 2.25. The Morgan fingerprint density at radius 2 is 2.22 bits per heavy atom. The second kappa shape index (κ2) is 5.84. The van der Waals surface area contributed by atoms with E-state index in [4.69, 9.17) is 15.2 Å². The maximum absolute atomic E-state index is 5.74. The van der Waals surface area contributed by atoms with Crippen molar-refractivity contribution in [2.24, 2.45) is 5.73 Å². The number of aryl methyl sites for hydroxylation is 1. The molecule has 0 spiro atoms. The van der Waals surface area contributed by atoms with Gasteiger partial charge in [0.25, 0.3) is 0 Å². The van der Waals surface area contributed by atoms with Crippen LogP contribution in [-0.2, 0) is 13.2 Å². The molecule has 1 aromatic heterocycles. The first-order valence-electron chi connectivity index (χ1n) is 5.63. The maximum atomic E-state index is 5.74. The molecule has 96 valence electrons. The number of benzene rings is 1. The molecule has 0 aliphatic heterocycles. The third-order valence-electron chi connectivity index (χ3n) is 2.51. The van der Waals surface area contributed by atoms with Gasteiger partial charge in [0.2, 0.25) is 0 Å². The molecular weight excluding hydrogens is 248 g/mol. The lowest BCUT2D eigenvalue weighted by Crippen LogP contribution is -2.03. The Labute approximate surface area is 110 Å². The van der Waals surface area contributed by atoms with E-state index in [0.29, 0.717) is 13.2 Å². The van der Waals surface area contributed by atoms with Crippen LogP contribution in [0.15, 0.2) is 23.6 Å². The Bertz CT molecular complexity index is 525. The summed E-state index contributed by atoms with van der Waals surface area (Å²) in [5.74, 6) is 1.57. The van der Waals surface area contributed by atoms with E-state index in [0.717, 1.165) is 27.8 Å². The first kappa shape index (κ1) is 12.9. The van der Waals surface area contributed by atoms with Crippen LogP contribution in [0.2, 0.25) is 0 Å². The lowest BCUT2D eigenvalue weighted by Gasteiger charge is -2.10. The minimum atomic E-state index is 0.420. The van der Waals surface area contributed by atoms with Gasteiger partial charge in [-0.25, -0.2) is 4.98 Å². The van der Waals surface area contributed by atoms with Crippen LogP contribution in [0, 0.1) is 6.92 Å². The molecule has 2 N–H and O–H groups in total. The van der Waals surface area contributed by atoms with E-state index < -0.39 is 0 Å². The number of hydrogen-bond acceptors (Lipinski definition) is 5. The number of nitrogens with two attached hydrogens (primary N) is 1. The zero-order valence-electron chi connectivity index (χ0n) is 10.5. The van der Waals surface area contributed by atoms with E-state index in [2.05, 4.69) is 4.98 Å². The van der Waals surface area contributed by atoms with E-state index in [1.807, 2.05) is 30.5 Å². The number of ether oxygens (including phenoxy) is 2. The van der Waals surface area contributed by atoms with E-state index in [1.54, 1.807) is 18.4 Å². The lowest BCUT2D eigenvalue weighted by molar-refractivity contribution is 0.301. The maximum Gasteiger partial charge on any atom is 0.140 e. The summed E-state index contributed by atoms with van der Waals surface area (Å²) in [6, 6.07) is 5.63. The Morgan fingerprint density at radius 3 is 2.83 bits per heavy atom. The van der Waals surface area contributed by atoms with E-state index in [1.165, 1.54) is 0 Å². The zero-order valence-corrected chi connectivity index (χ0v) is 11.3. The van der Waals surface area contributed by atoms with Gasteiger partial charge in [-0.1, -0.05) is 0 Å². The Kier molecular flexibility index (Phi) is 4.17. The predicted molar refractivity (Wildman–Crippen MR) is 72.1 cm³/mol. The molecule has 0 saturated heterocycles. The number of hydrogen-bond donors (Lipinski definition) is 1. The normalized spacial score (nSPS) is 10.4. The molecule has 1 aromatic carbocycles. The number of aromatic nitrogens is 1. The van der Waals surface area contributed by atoms with Gasteiger partial charge in [-0.2, -0.15) is 0 Å². The number of nitrogens with zero attached hydrogens (tertiary/aromatic N) is 1. The van der Waals surface area contributed by atoms with Gasteiger partial charge >= 0.3 is 0 Å². The molecule has 5 heteroatoms. The third-order valence-corrected chi connectivity index (χ3v) is 3.45. The summed E-state index contributed by atoms with van der Waals surface area (Å²) in [4.78, 5) is 4.35. The highest BCUT2D eigenvalue weighted by molar-refractivity contribution is 7.09. The summed E-state index contributed by atoms with van der Waals surface area (Å²) in [5.41, 5.74) is 7.65. The average Bonchev–Trinajstić information content (AvgIpc) is 2.82. The van der Waals surface area contributed by atoms with Crippen molar-refractivity contribution in [2.45, 2.75) is 20.1 Å². The van der Waals surface area contributed by atoms with Gasteiger partial charge in [-0.3, -0.25) is 0 Å². The number of methoxy groups -OCH3 is 1. The summed E-state index contributed by atoms with van der Waals surface area (Å²) in [6.45, 7) is 2.86. The Morgan fingerprint density at radius 1 is 1.39 bits per heavy atom. The highest BCUT2D eigenvalue weighted by atomic mass is 32.1. The van der Waals surface area contributed by atoms with Crippen LogP contribution in [0.25, 0.3) is 0 Å². The first-order chi connectivity index (χ1) is 8.72. The molecule has 0 amide bonds. The summed E-state index contributed by atoms with van der Waals surface area (Å²) in [7, 11) is 1.63. The highest BCUT2D eigenvalue weighted by Gasteiger charge is 2.06. The summed E-state index contributed by atoms with van der Waals surface area (Å²) in [6.07, 6.45) is 0. The minimum absolute atomic E-state index is 0.420. The lowest BCUT2D eigenvalue weighted by atomic mass is 10.2. The van der Waals surface area contributed by atoms with Gasteiger partial charge in [0.1, 0.15) is 23.1 Å². The number of thiazole rings is 1. The fourth-order valence-corrected chi connectivity index (χ4v) is 2.27. The third kappa shape index (κ3) is 3.00. The van der Waals surface area contributed by atoms with Crippen molar-refractivity contribution in [2.75, 3.05) is 7.11 Å². The van der Waals surface area contributed by atoms with Crippen molar-refractivity contribution in [3.63, 3.8) is 0 Å². The van der Waals surface area contributed by atoms with Crippen LogP contribution < -0.4 is 15.2 Å². The smallest absolute Gasteiger partial charge is 0.140 e. The van der Waals surface area contributed by atoms with Crippen molar-refractivity contribution in [1.29, 1.82) is 0 Å². The quantitative estimate of drug-likeness (QED) is 0.901. The van der Waals surface area contributed by atoms with Crippen molar-refractivity contribution >= 4 is 11.3 Å². The molecule has 2 rings (SSSR count). The van der Waals surface area contributed by atoms with Crippen LogP contribution in [0.4, 0.5) is 0 Å². The largest absolute Gasteiger partial charge is 0.497 e. The van der Waals surface area contributed by atoms with Crippen LogP contribution in [0.5, 0.6) is 11.5 Å². The van der Waals surface area contributed by atoms with Gasteiger partial charge in [-0.15, -0.1) is 11.3 Å². The zero-order chi connectivity index (χ0) is 13.0. The standard InChI is InChI=1S/C13H16N2O2S/c1-9-8-18-13(15-9)7-17-12-4-3-11(16-2)5-10(12)6-14/h3-5,8H,6-7,14H2,1-2H3. The van der Waals surface area contributed by atoms with Crippen LogP contribution in [0.1, 0.15) is 16.3 Å². The monoisotopic (exact) mass is 264 g/mol. The van der Waals surface area contributed by atoms with E-state index in [-0.39, 0.29) is 0 Å². The second-order valence-electron chi connectivity index (χ2n) is 3.85. The van der Waals surface area contributed by atoms with Crippen molar-refractivity contribution in [3.8, 4) is 11.5 Å². The summed E-state index contributed by atoms with van der Waals surface area (Å²) in [5, 5.41) is 2.97. The average molecular weight is 264 g/mol. The van der Waals surface area contributed by atoms with Crippen molar-refractivity contribution in [3.05, 3.63) is 39.8 Å². The van der Waals surface area contributed by atoms with Crippen LogP contribution in [-0.4, -0.2) is 12.1 Å². The van der Waals surface area contributed by atoms with Gasteiger partial charge in [0, 0.05) is 23.2 Å². The minimum Gasteiger partial charge on any atom is -0.497 e. The Balaban J connectivity index is 2.08.